The number of aliphatic hydroxyl groups excluding tert-OH is 2. The number of hydrogen-bond acceptors (Lipinski definition) is 4. The van der Waals surface area contributed by atoms with Crippen LogP contribution >= 0.6 is 0 Å². The lowest BCUT2D eigenvalue weighted by Gasteiger charge is -2.12. The fraction of sp³-hybridized carbons (Fsp3) is 0.500. The molecule has 1 aromatic heterocycles. The molecule has 0 bridgehead atoms. The Kier molecular flexibility index (Phi) is 2.86. The first kappa shape index (κ1) is 9.25. The van der Waals surface area contributed by atoms with Crippen LogP contribution in [0.3, 0.4) is 0 Å². The normalized spacial score (nSPS) is 16.0. The van der Waals surface area contributed by atoms with Crippen molar-refractivity contribution in [3.8, 4) is 0 Å². The van der Waals surface area contributed by atoms with Crippen LogP contribution in [0.5, 0.6) is 0 Å². The molecule has 2 atom stereocenters. The second-order valence-corrected chi connectivity index (χ2v) is 2.70. The second-order valence-electron chi connectivity index (χ2n) is 2.70. The second kappa shape index (κ2) is 3.71. The van der Waals surface area contributed by atoms with E-state index in [1.54, 1.807) is 19.1 Å². The summed E-state index contributed by atoms with van der Waals surface area (Å²) in [6.45, 7) is 1.78. The molecule has 1 rings (SSSR count). The molecule has 4 heteroatoms. The van der Waals surface area contributed by atoms with E-state index in [9.17, 15) is 5.11 Å². The third kappa shape index (κ3) is 1.85. The zero-order chi connectivity index (χ0) is 9.14. The van der Waals surface area contributed by atoms with Gasteiger partial charge in [0, 0.05) is 6.54 Å². The van der Waals surface area contributed by atoms with E-state index in [4.69, 9.17) is 15.3 Å². The highest BCUT2D eigenvalue weighted by molar-refractivity contribution is 5.09. The van der Waals surface area contributed by atoms with E-state index in [0.717, 1.165) is 0 Å². The van der Waals surface area contributed by atoms with E-state index in [2.05, 4.69) is 0 Å². The molecule has 12 heavy (non-hydrogen) atoms. The summed E-state index contributed by atoms with van der Waals surface area (Å²) in [5.74, 6) is 1.05. The summed E-state index contributed by atoms with van der Waals surface area (Å²) in [4.78, 5) is 0. The van der Waals surface area contributed by atoms with Crippen molar-refractivity contribution < 1.29 is 14.6 Å². The Labute approximate surface area is 70.6 Å². The molecule has 0 fully saturated rings. The minimum atomic E-state index is -1.02. The molecule has 0 aliphatic heterocycles. The first-order valence-electron chi connectivity index (χ1n) is 3.77. The highest BCUT2D eigenvalue weighted by Gasteiger charge is 2.19. The molecule has 4 nitrogen and oxygen atoms in total. The van der Waals surface area contributed by atoms with Crippen LogP contribution in [0.4, 0.5) is 0 Å². The highest BCUT2D eigenvalue weighted by atomic mass is 16.4. The van der Waals surface area contributed by atoms with Crippen molar-refractivity contribution in [2.24, 2.45) is 5.73 Å². The maximum Gasteiger partial charge on any atom is 0.139 e. The van der Waals surface area contributed by atoms with Gasteiger partial charge in [0.2, 0.25) is 0 Å². The predicted molar refractivity (Wildman–Crippen MR) is 43.5 cm³/mol. The van der Waals surface area contributed by atoms with Crippen molar-refractivity contribution in [1.82, 2.24) is 0 Å². The maximum absolute atomic E-state index is 9.38. The molecular formula is C8H13NO3. The van der Waals surface area contributed by atoms with Gasteiger partial charge in [-0.15, -0.1) is 0 Å². The number of nitrogens with two attached hydrogens (primary N) is 1. The van der Waals surface area contributed by atoms with Crippen LogP contribution in [-0.4, -0.2) is 22.9 Å². The van der Waals surface area contributed by atoms with Gasteiger partial charge in [-0.2, -0.15) is 0 Å². The van der Waals surface area contributed by atoms with Crippen molar-refractivity contribution in [2.75, 3.05) is 6.54 Å². The van der Waals surface area contributed by atoms with Crippen molar-refractivity contribution >= 4 is 0 Å². The Hall–Kier alpha value is -0.840. The molecule has 1 heterocycles. The molecule has 0 amide bonds. The van der Waals surface area contributed by atoms with E-state index in [1.165, 1.54) is 0 Å². The van der Waals surface area contributed by atoms with E-state index >= 15 is 0 Å². The molecule has 0 radical (unpaired) electrons. The fourth-order valence-electron chi connectivity index (χ4n) is 0.931. The molecular weight excluding hydrogens is 158 g/mol. The SMILES string of the molecule is Cc1ccc(C(O)C(O)CN)o1. The first-order chi connectivity index (χ1) is 5.65. The molecule has 0 aliphatic carbocycles. The van der Waals surface area contributed by atoms with Crippen molar-refractivity contribution in [3.63, 3.8) is 0 Å². The first-order valence-corrected chi connectivity index (χ1v) is 3.77. The highest BCUT2D eigenvalue weighted by Crippen LogP contribution is 2.18. The van der Waals surface area contributed by atoms with Gasteiger partial charge >= 0.3 is 0 Å². The van der Waals surface area contributed by atoms with Gasteiger partial charge in [-0.05, 0) is 19.1 Å². The maximum atomic E-state index is 9.38. The average molecular weight is 171 g/mol. The Morgan fingerprint density at radius 3 is 2.58 bits per heavy atom. The Morgan fingerprint density at radius 1 is 1.50 bits per heavy atom. The van der Waals surface area contributed by atoms with Crippen molar-refractivity contribution in [2.45, 2.75) is 19.1 Å². The number of furan rings is 1. The van der Waals surface area contributed by atoms with Gasteiger partial charge < -0.3 is 20.4 Å². The molecule has 0 saturated heterocycles. The van der Waals surface area contributed by atoms with Crippen LogP contribution in [0.2, 0.25) is 0 Å². The fourth-order valence-corrected chi connectivity index (χ4v) is 0.931. The monoisotopic (exact) mass is 171 g/mol. The van der Waals surface area contributed by atoms with Gasteiger partial charge in [-0.3, -0.25) is 0 Å². The van der Waals surface area contributed by atoms with Crippen LogP contribution in [0, 0.1) is 6.92 Å². The topological polar surface area (TPSA) is 79.6 Å². The summed E-state index contributed by atoms with van der Waals surface area (Å²) in [6, 6.07) is 3.35. The molecule has 2 unspecified atom stereocenters. The van der Waals surface area contributed by atoms with E-state index in [0.29, 0.717) is 11.5 Å². The minimum absolute atomic E-state index is 0.0148. The number of hydrogen-bond donors (Lipinski definition) is 3. The molecule has 0 spiro atoms. The van der Waals surface area contributed by atoms with Gasteiger partial charge in [0.1, 0.15) is 17.6 Å². The molecule has 4 N–H and O–H groups in total. The summed E-state index contributed by atoms with van der Waals surface area (Å²) in [7, 11) is 0. The standard InChI is InChI=1S/C8H13NO3/c1-5-2-3-7(12-5)8(11)6(10)4-9/h2-3,6,8,10-11H,4,9H2,1H3. The van der Waals surface area contributed by atoms with Crippen LogP contribution in [-0.2, 0) is 0 Å². The van der Waals surface area contributed by atoms with Gasteiger partial charge in [0.15, 0.2) is 0 Å². The quantitative estimate of drug-likeness (QED) is 0.595. The van der Waals surface area contributed by atoms with Gasteiger partial charge in [0.05, 0.1) is 6.10 Å². The molecule has 1 aromatic rings. The Bertz CT molecular complexity index is 246. The summed E-state index contributed by atoms with van der Waals surface area (Å²) in [6.07, 6.45) is -1.99. The van der Waals surface area contributed by atoms with E-state index in [-0.39, 0.29) is 6.54 Å². The van der Waals surface area contributed by atoms with Gasteiger partial charge in [-0.1, -0.05) is 0 Å². The molecule has 0 aliphatic rings. The summed E-state index contributed by atoms with van der Waals surface area (Å²) in [5.41, 5.74) is 5.17. The predicted octanol–water partition coefficient (Wildman–Crippen LogP) is -0.0590. The summed E-state index contributed by atoms with van der Waals surface area (Å²) >= 11 is 0. The van der Waals surface area contributed by atoms with Gasteiger partial charge in [0.25, 0.3) is 0 Å². The molecule has 68 valence electrons. The van der Waals surface area contributed by atoms with Gasteiger partial charge in [-0.25, -0.2) is 0 Å². The van der Waals surface area contributed by atoms with Crippen molar-refractivity contribution in [3.05, 3.63) is 23.7 Å². The lowest BCUT2D eigenvalue weighted by atomic mass is 10.1. The third-order valence-corrected chi connectivity index (χ3v) is 1.66. The van der Waals surface area contributed by atoms with E-state index < -0.39 is 12.2 Å². The number of aryl methyl sites for hydroxylation is 1. The van der Waals surface area contributed by atoms with Crippen LogP contribution in [0.1, 0.15) is 17.6 Å². The molecule has 0 aromatic carbocycles. The van der Waals surface area contributed by atoms with E-state index in [1.807, 2.05) is 0 Å². The van der Waals surface area contributed by atoms with Crippen molar-refractivity contribution in [1.29, 1.82) is 0 Å². The summed E-state index contributed by atoms with van der Waals surface area (Å²) < 4.78 is 5.10. The Morgan fingerprint density at radius 2 is 2.17 bits per heavy atom. The molecule has 0 saturated carbocycles. The average Bonchev–Trinajstić information content (AvgIpc) is 2.49. The zero-order valence-corrected chi connectivity index (χ0v) is 6.90. The van der Waals surface area contributed by atoms with Crippen LogP contribution in [0.25, 0.3) is 0 Å². The number of aliphatic hydroxyl groups is 2. The lowest BCUT2D eigenvalue weighted by Crippen LogP contribution is -2.26. The largest absolute Gasteiger partial charge is 0.464 e. The summed E-state index contributed by atoms with van der Waals surface area (Å²) in [5, 5.41) is 18.5. The van der Waals surface area contributed by atoms with Crippen LogP contribution in [0.15, 0.2) is 16.5 Å². The minimum Gasteiger partial charge on any atom is -0.464 e. The lowest BCUT2D eigenvalue weighted by molar-refractivity contribution is 0.0107. The number of rotatable bonds is 3. The zero-order valence-electron chi connectivity index (χ0n) is 6.90. The van der Waals surface area contributed by atoms with Crippen LogP contribution < -0.4 is 5.73 Å². The Balaban J connectivity index is 2.70. The smallest absolute Gasteiger partial charge is 0.139 e. The third-order valence-electron chi connectivity index (χ3n) is 1.66.